The van der Waals surface area contributed by atoms with E-state index in [1.807, 2.05) is 18.2 Å². The number of nitrogen functional groups attached to an aromatic ring is 1. The fourth-order valence-electron chi connectivity index (χ4n) is 7.19. The minimum absolute atomic E-state index is 0.0527. The quantitative estimate of drug-likeness (QED) is 0.411. The van der Waals surface area contributed by atoms with Crippen molar-refractivity contribution in [2.75, 3.05) is 18.9 Å². The molecule has 5 rings (SSSR count). The van der Waals surface area contributed by atoms with Crippen molar-refractivity contribution in [3.63, 3.8) is 0 Å². The molecule has 42 heavy (non-hydrogen) atoms. The van der Waals surface area contributed by atoms with Crippen molar-refractivity contribution in [2.45, 2.75) is 110 Å². The average molecular weight is 599 g/mol. The molecule has 1 aromatic heterocycles. The van der Waals surface area contributed by atoms with E-state index in [1.165, 1.54) is 16.7 Å². The van der Waals surface area contributed by atoms with Crippen LogP contribution in [0.15, 0.2) is 36.4 Å². The van der Waals surface area contributed by atoms with Crippen molar-refractivity contribution < 1.29 is 13.2 Å². The molecule has 0 amide bonds. The average Bonchev–Trinajstić information content (AvgIpc) is 2.90. The van der Waals surface area contributed by atoms with E-state index in [1.54, 1.807) is 0 Å². The van der Waals surface area contributed by atoms with Crippen molar-refractivity contribution in [3.8, 4) is 0 Å². The molecule has 3 heterocycles. The van der Waals surface area contributed by atoms with Crippen LogP contribution in [0.4, 0.5) is 5.82 Å². The highest BCUT2D eigenvalue weighted by Gasteiger charge is 2.39. The van der Waals surface area contributed by atoms with Gasteiger partial charge in [0.05, 0.1) is 17.6 Å². The maximum Gasteiger partial charge on any atom is 0.216 e. The molecule has 4 bridgehead atoms. The summed E-state index contributed by atoms with van der Waals surface area (Å²) in [6, 6.07) is 12.2. The molecular formula is C32H50N6O3S. The fourth-order valence-corrected chi connectivity index (χ4v) is 8.85. The lowest BCUT2D eigenvalue weighted by Gasteiger charge is -2.41. The van der Waals surface area contributed by atoms with E-state index in [4.69, 9.17) is 10.5 Å². The minimum atomic E-state index is -3.57. The van der Waals surface area contributed by atoms with Crippen LogP contribution < -0.4 is 21.1 Å². The van der Waals surface area contributed by atoms with Crippen molar-refractivity contribution >= 4 is 15.8 Å². The summed E-state index contributed by atoms with van der Waals surface area (Å²) in [6.45, 7) is 13.0. The second-order valence-electron chi connectivity index (χ2n) is 13.9. The van der Waals surface area contributed by atoms with Gasteiger partial charge in [-0.15, -0.1) is 0 Å². The molecule has 6 atom stereocenters. The Hall–Kier alpha value is -2.08. The summed E-state index contributed by atoms with van der Waals surface area (Å²) in [5.74, 6) is 0.784. The van der Waals surface area contributed by atoms with Crippen molar-refractivity contribution in [3.05, 3.63) is 58.8 Å². The van der Waals surface area contributed by atoms with Crippen LogP contribution >= 0.6 is 0 Å². The zero-order valence-electron chi connectivity index (χ0n) is 25.9. The topological polar surface area (TPSA) is 122 Å². The summed E-state index contributed by atoms with van der Waals surface area (Å²) < 4.78 is 37.3. The number of aromatic nitrogens is 1. The van der Waals surface area contributed by atoms with Crippen LogP contribution in [0, 0.1) is 25.2 Å². The number of benzene rings is 1. The number of pyridine rings is 1. The number of sulfonamides is 1. The molecule has 9 nitrogen and oxygen atoms in total. The Morgan fingerprint density at radius 2 is 1.79 bits per heavy atom. The summed E-state index contributed by atoms with van der Waals surface area (Å²) in [6.07, 6.45) is 3.95. The maximum atomic E-state index is 13.8. The third kappa shape index (κ3) is 7.89. The van der Waals surface area contributed by atoms with Crippen LogP contribution in [0.1, 0.15) is 87.7 Å². The highest BCUT2D eigenvalue weighted by atomic mass is 32.2. The highest BCUT2D eigenvalue weighted by Crippen LogP contribution is 2.34. The lowest BCUT2D eigenvalue weighted by Crippen LogP contribution is -2.64. The molecule has 232 valence electrons. The standard InChI is InChI=1S/C32H50N6O3S/c1-21-9-6-10-22(2)30(21)27-16-29-36-31(35-27)37-42(39,40)26-13-7-11-23(15-26)18-38(19-24-12-8-14-28(33)34-24)25(20-41-29)17-32(3,4)5/h6,8-10,12,14,23,25-27,29,31,35-37H,7,11,13,15-20H2,1-5H3,(H2,33,34)/t23?,25-,26?,27?,29?,31?/m1/s1. The SMILES string of the molecule is Cc1cccc(C)c1C1CC2NC(N1)NS(=O)(=O)C1CCCC(C1)CN(Cc1cccc(N)n1)[C@H](CC(C)(C)C)CO2. The maximum absolute atomic E-state index is 13.8. The van der Waals surface area contributed by atoms with E-state index in [9.17, 15) is 8.42 Å². The number of rotatable bonds is 4. The largest absolute Gasteiger partial charge is 0.384 e. The van der Waals surface area contributed by atoms with Gasteiger partial charge in [0.2, 0.25) is 10.0 Å². The second kappa shape index (κ2) is 12.9. The Balaban J connectivity index is 1.50. The number of nitrogens with two attached hydrogens (primary N) is 1. The predicted octanol–water partition coefficient (Wildman–Crippen LogP) is 4.33. The van der Waals surface area contributed by atoms with Crippen molar-refractivity contribution in [1.29, 1.82) is 0 Å². The van der Waals surface area contributed by atoms with Gasteiger partial charge in [-0.2, -0.15) is 4.72 Å². The smallest absolute Gasteiger partial charge is 0.216 e. The molecular weight excluding hydrogens is 548 g/mol. The Bertz CT molecular complexity index is 1310. The number of anilines is 1. The number of nitrogens with one attached hydrogen (secondary N) is 3. The van der Waals surface area contributed by atoms with E-state index in [-0.39, 0.29) is 29.6 Å². The first-order valence-electron chi connectivity index (χ1n) is 15.5. The molecule has 1 saturated carbocycles. The number of ether oxygens (including phenoxy) is 1. The molecule has 2 saturated heterocycles. The van der Waals surface area contributed by atoms with Gasteiger partial charge in [0.25, 0.3) is 0 Å². The summed E-state index contributed by atoms with van der Waals surface area (Å²) in [5, 5.41) is 6.59. The van der Waals surface area contributed by atoms with Crippen LogP contribution in [0.5, 0.6) is 0 Å². The molecule has 1 aromatic carbocycles. The molecule has 2 aromatic rings. The van der Waals surface area contributed by atoms with E-state index in [0.717, 1.165) is 31.5 Å². The second-order valence-corrected chi connectivity index (χ2v) is 15.9. The molecule has 5 unspecified atom stereocenters. The molecule has 2 aliphatic heterocycles. The van der Waals surface area contributed by atoms with Gasteiger partial charge in [-0.25, -0.2) is 13.4 Å². The van der Waals surface area contributed by atoms with Gasteiger partial charge in [-0.1, -0.05) is 51.5 Å². The normalized spacial score (nSPS) is 31.0. The molecule has 10 heteroatoms. The monoisotopic (exact) mass is 598 g/mol. The third-order valence-corrected chi connectivity index (χ3v) is 10.9. The molecule has 1 aliphatic carbocycles. The lowest BCUT2D eigenvalue weighted by molar-refractivity contribution is -0.0517. The van der Waals surface area contributed by atoms with Gasteiger partial charge in [0.15, 0.2) is 0 Å². The van der Waals surface area contributed by atoms with Crippen molar-refractivity contribution in [2.24, 2.45) is 11.3 Å². The minimum Gasteiger partial charge on any atom is -0.384 e. The molecule has 0 radical (unpaired) electrons. The molecule has 3 aliphatic rings. The fraction of sp³-hybridized carbons (Fsp3) is 0.656. The summed E-state index contributed by atoms with van der Waals surface area (Å²) in [4.78, 5) is 7.11. The van der Waals surface area contributed by atoms with E-state index >= 15 is 0 Å². The van der Waals surface area contributed by atoms with Crippen molar-refractivity contribution in [1.82, 2.24) is 25.2 Å². The Kier molecular flexibility index (Phi) is 9.61. The summed E-state index contributed by atoms with van der Waals surface area (Å²) in [5.41, 5.74) is 10.7. The number of hydrogen-bond donors (Lipinski definition) is 4. The Morgan fingerprint density at radius 1 is 1.05 bits per heavy atom. The van der Waals surface area contributed by atoms with Gasteiger partial charge in [0.1, 0.15) is 18.3 Å². The highest BCUT2D eigenvalue weighted by molar-refractivity contribution is 7.90. The first-order chi connectivity index (χ1) is 19.9. The van der Waals surface area contributed by atoms with E-state index in [0.29, 0.717) is 38.2 Å². The van der Waals surface area contributed by atoms with E-state index < -0.39 is 21.6 Å². The van der Waals surface area contributed by atoms with Gasteiger partial charge < -0.3 is 10.5 Å². The van der Waals surface area contributed by atoms with Gasteiger partial charge in [-0.3, -0.25) is 15.5 Å². The predicted molar refractivity (Wildman–Crippen MR) is 168 cm³/mol. The Morgan fingerprint density at radius 3 is 2.50 bits per heavy atom. The first-order valence-corrected chi connectivity index (χ1v) is 17.1. The number of aryl methyl sites for hydroxylation is 2. The van der Waals surface area contributed by atoms with Gasteiger partial charge >= 0.3 is 0 Å². The van der Waals surface area contributed by atoms with E-state index in [2.05, 4.69) is 78.1 Å². The number of fused-ring (bicyclic) bond motifs is 4. The summed E-state index contributed by atoms with van der Waals surface area (Å²) >= 11 is 0. The molecule has 5 N–H and O–H groups in total. The summed E-state index contributed by atoms with van der Waals surface area (Å²) in [7, 11) is -3.57. The Labute approximate surface area is 252 Å². The number of nitrogens with zero attached hydrogens (tertiary/aromatic N) is 2. The zero-order chi connectivity index (χ0) is 30.1. The molecule has 0 spiro atoms. The van der Waals surface area contributed by atoms with Gasteiger partial charge in [-0.05, 0) is 79.7 Å². The third-order valence-electron chi connectivity index (χ3n) is 9.06. The lowest BCUT2D eigenvalue weighted by atomic mass is 9.85. The van der Waals surface area contributed by atoms with Crippen LogP contribution in [0.3, 0.4) is 0 Å². The number of hydrogen-bond acceptors (Lipinski definition) is 8. The van der Waals surface area contributed by atoms with Crippen LogP contribution in [0.2, 0.25) is 0 Å². The molecule has 3 fully saturated rings. The van der Waals surface area contributed by atoms with Crippen LogP contribution in [-0.2, 0) is 21.3 Å². The van der Waals surface area contributed by atoms with Crippen LogP contribution in [0.25, 0.3) is 0 Å². The zero-order valence-corrected chi connectivity index (χ0v) is 26.7. The van der Waals surface area contributed by atoms with Gasteiger partial charge in [0, 0.05) is 31.6 Å². The van der Waals surface area contributed by atoms with Crippen LogP contribution in [-0.4, -0.2) is 55.3 Å². The first kappa shape index (κ1) is 31.3.